The van der Waals surface area contributed by atoms with Gasteiger partial charge in [0, 0.05) is 5.56 Å². The molecule has 0 saturated carbocycles. The van der Waals surface area contributed by atoms with E-state index in [1.165, 1.54) is 6.07 Å². The highest BCUT2D eigenvalue weighted by atomic mass is 19.2. The monoisotopic (exact) mass is 282 g/mol. The van der Waals surface area contributed by atoms with E-state index in [1.54, 1.807) is 18.2 Å². The van der Waals surface area contributed by atoms with Crippen LogP contribution >= 0.6 is 0 Å². The standard InChI is InChI=1S/C16H14F4/c1-8(2)10-6-4-5-7-11(10)12-13(17)9(3)14(18)16(20)15(12)19/h4-8H,1-3H3. The summed E-state index contributed by atoms with van der Waals surface area (Å²) in [6, 6.07) is 6.57. The lowest BCUT2D eigenvalue weighted by molar-refractivity contribution is 0.431. The van der Waals surface area contributed by atoms with Crippen molar-refractivity contribution in [1.29, 1.82) is 0 Å². The van der Waals surface area contributed by atoms with Crippen LogP contribution in [0.5, 0.6) is 0 Å². The largest absolute Gasteiger partial charge is 0.206 e. The number of hydrogen-bond donors (Lipinski definition) is 0. The van der Waals surface area contributed by atoms with Crippen LogP contribution in [-0.4, -0.2) is 0 Å². The Bertz CT molecular complexity index is 631. The molecule has 0 atom stereocenters. The van der Waals surface area contributed by atoms with Crippen molar-refractivity contribution in [2.24, 2.45) is 0 Å². The van der Waals surface area contributed by atoms with Crippen LogP contribution in [0, 0.1) is 30.2 Å². The average molecular weight is 282 g/mol. The molecule has 0 aliphatic carbocycles. The molecule has 0 aliphatic rings. The first-order valence-electron chi connectivity index (χ1n) is 6.28. The fraction of sp³-hybridized carbons (Fsp3) is 0.250. The minimum Gasteiger partial charge on any atom is -0.206 e. The van der Waals surface area contributed by atoms with Gasteiger partial charge < -0.3 is 0 Å². The molecule has 0 saturated heterocycles. The van der Waals surface area contributed by atoms with Crippen LogP contribution < -0.4 is 0 Å². The highest BCUT2D eigenvalue weighted by Crippen LogP contribution is 2.36. The molecule has 0 fully saturated rings. The normalized spacial score (nSPS) is 11.2. The van der Waals surface area contributed by atoms with Gasteiger partial charge in [0.1, 0.15) is 5.82 Å². The van der Waals surface area contributed by atoms with Crippen molar-refractivity contribution in [1.82, 2.24) is 0 Å². The van der Waals surface area contributed by atoms with Gasteiger partial charge in [-0.1, -0.05) is 38.1 Å². The predicted octanol–water partition coefficient (Wildman–Crippen LogP) is 5.34. The van der Waals surface area contributed by atoms with Crippen molar-refractivity contribution in [2.45, 2.75) is 26.7 Å². The fourth-order valence-corrected chi connectivity index (χ4v) is 2.22. The zero-order valence-corrected chi connectivity index (χ0v) is 11.4. The number of benzene rings is 2. The first kappa shape index (κ1) is 14.6. The first-order chi connectivity index (χ1) is 9.36. The van der Waals surface area contributed by atoms with Gasteiger partial charge in [0.05, 0.1) is 5.56 Å². The Labute approximate surface area is 115 Å². The predicted molar refractivity (Wildman–Crippen MR) is 70.5 cm³/mol. The minimum absolute atomic E-state index is 0.00146. The summed E-state index contributed by atoms with van der Waals surface area (Å²) in [4.78, 5) is 0. The molecule has 0 amide bonds. The molecule has 0 bridgehead atoms. The number of rotatable bonds is 2. The Morgan fingerprint density at radius 1 is 0.800 bits per heavy atom. The Morgan fingerprint density at radius 3 is 2.00 bits per heavy atom. The maximum absolute atomic E-state index is 14.2. The molecule has 4 heteroatoms. The summed E-state index contributed by atoms with van der Waals surface area (Å²) in [5.41, 5.74) is -0.0987. The van der Waals surface area contributed by atoms with Gasteiger partial charge in [0.15, 0.2) is 17.5 Å². The maximum atomic E-state index is 14.2. The van der Waals surface area contributed by atoms with Gasteiger partial charge in [-0.25, -0.2) is 17.6 Å². The lowest BCUT2D eigenvalue weighted by Crippen LogP contribution is -2.05. The maximum Gasteiger partial charge on any atom is 0.195 e. The second-order valence-electron chi connectivity index (χ2n) is 5.00. The number of halogens is 4. The average Bonchev–Trinajstić information content (AvgIpc) is 2.43. The van der Waals surface area contributed by atoms with E-state index in [2.05, 4.69) is 0 Å². The molecule has 2 aromatic carbocycles. The van der Waals surface area contributed by atoms with Gasteiger partial charge in [-0.2, -0.15) is 0 Å². The van der Waals surface area contributed by atoms with Gasteiger partial charge in [-0.3, -0.25) is 0 Å². The molecule has 0 radical (unpaired) electrons. The van der Waals surface area contributed by atoms with Crippen LogP contribution in [0.15, 0.2) is 24.3 Å². The van der Waals surface area contributed by atoms with E-state index < -0.39 is 34.4 Å². The molecule has 2 rings (SSSR count). The van der Waals surface area contributed by atoms with Gasteiger partial charge in [0.25, 0.3) is 0 Å². The third kappa shape index (κ3) is 2.19. The molecule has 0 aromatic heterocycles. The topological polar surface area (TPSA) is 0 Å². The summed E-state index contributed by atoms with van der Waals surface area (Å²) in [5.74, 6) is -5.67. The molecule has 0 N–H and O–H groups in total. The Kier molecular flexibility index (Phi) is 3.84. The molecule has 0 spiro atoms. The van der Waals surface area contributed by atoms with E-state index in [-0.39, 0.29) is 11.5 Å². The van der Waals surface area contributed by atoms with Gasteiger partial charge >= 0.3 is 0 Å². The van der Waals surface area contributed by atoms with Crippen LogP contribution in [-0.2, 0) is 0 Å². The smallest absolute Gasteiger partial charge is 0.195 e. The molecule has 0 unspecified atom stereocenters. The van der Waals surface area contributed by atoms with E-state index in [9.17, 15) is 17.6 Å². The van der Waals surface area contributed by atoms with Crippen molar-refractivity contribution in [3.05, 3.63) is 58.7 Å². The lowest BCUT2D eigenvalue weighted by atomic mass is 9.91. The highest BCUT2D eigenvalue weighted by molar-refractivity contribution is 5.70. The lowest BCUT2D eigenvalue weighted by Gasteiger charge is -2.16. The third-order valence-corrected chi connectivity index (χ3v) is 3.34. The molecule has 0 heterocycles. The highest BCUT2D eigenvalue weighted by Gasteiger charge is 2.25. The summed E-state index contributed by atoms with van der Waals surface area (Å²) in [6.07, 6.45) is 0. The summed E-state index contributed by atoms with van der Waals surface area (Å²) in [5, 5.41) is 0. The fourth-order valence-electron chi connectivity index (χ4n) is 2.22. The quantitative estimate of drug-likeness (QED) is 0.396. The van der Waals surface area contributed by atoms with E-state index in [0.29, 0.717) is 5.56 Å². The van der Waals surface area contributed by atoms with Gasteiger partial charge in [0.2, 0.25) is 0 Å². The van der Waals surface area contributed by atoms with Crippen LogP contribution in [0.4, 0.5) is 17.6 Å². The van der Waals surface area contributed by atoms with E-state index in [0.717, 1.165) is 6.92 Å². The first-order valence-corrected chi connectivity index (χ1v) is 6.28. The molecular weight excluding hydrogens is 268 g/mol. The Balaban J connectivity index is 2.84. The summed E-state index contributed by atoms with van der Waals surface area (Å²) in [6.45, 7) is 4.82. The Morgan fingerprint density at radius 2 is 1.40 bits per heavy atom. The van der Waals surface area contributed by atoms with Crippen LogP contribution in [0.2, 0.25) is 0 Å². The summed E-state index contributed by atoms with van der Waals surface area (Å²) in [7, 11) is 0. The van der Waals surface area contributed by atoms with Crippen molar-refractivity contribution in [3.63, 3.8) is 0 Å². The summed E-state index contributed by atoms with van der Waals surface area (Å²) >= 11 is 0. The molecular formula is C16H14F4. The van der Waals surface area contributed by atoms with E-state index >= 15 is 0 Å². The zero-order chi connectivity index (χ0) is 15.0. The van der Waals surface area contributed by atoms with Crippen molar-refractivity contribution in [3.8, 4) is 11.1 Å². The molecule has 2 aromatic rings. The number of hydrogen-bond acceptors (Lipinski definition) is 0. The van der Waals surface area contributed by atoms with Gasteiger partial charge in [-0.15, -0.1) is 0 Å². The van der Waals surface area contributed by atoms with E-state index in [4.69, 9.17) is 0 Å². The van der Waals surface area contributed by atoms with Crippen LogP contribution in [0.25, 0.3) is 11.1 Å². The second-order valence-corrected chi connectivity index (χ2v) is 5.00. The molecule has 106 valence electrons. The van der Waals surface area contributed by atoms with Crippen molar-refractivity contribution >= 4 is 0 Å². The van der Waals surface area contributed by atoms with Crippen LogP contribution in [0.1, 0.15) is 30.9 Å². The molecule has 0 nitrogen and oxygen atoms in total. The zero-order valence-electron chi connectivity index (χ0n) is 11.4. The SMILES string of the molecule is Cc1c(F)c(F)c(F)c(-c2ccccc2C(C)C)c1F. The molecule has 0 aliphatic heterocycles. The van der Waals surface area contributed by atoms with Crippen molar-refractivity contribution in [2.75, 3.05) is 0 Å². The van der Waals surface area contributed by atoms with Crippen LogP contribution in [0.3, 0.4) is 0 Å². The van der Waals surface area contributed by atoms with E-state index in [1.807, 2.05) is 13.8 Å². The second kappa shape index (κ2) is 5.27. The van der Waals surface area contributed by atoms with Crippen molar-refractivity contribution < 1.29 is 17.6 Å². The third-order valence-electron chi connectivity index (χ3n) is 3.34. The summed E-state index contributed by atoms with van der Waals surface area (Å²) < 4.78 is 55.0. The molecule has 20 heavy (non-hydrogen) atoms. The Hall–Kier alpha value is -1.84. The minimum atomic E-state index is -1.64. The van der Waals surface area contributed by atoms with Gasteiger partial charge in [-0.05, 0) is 24.0 Å².